The summed E-state index contributed by atoms with van der Waals surface area (Å²) in [7, 11) is -3.63. The van der Waals surface area contributed by atoms with Crippen LogP contribution in [0.4, 0.5) is 0 Å². The Kier molecular flexibility index (Phi) is 4.89. The molecule has 0 heterocycles. The van der Waals surface area contributed by atoms with Crippen LogP contribution in [0, 0.1) is 23.2 Å². The van der Waals surface area contributed by atoms with Crippen LogP contribution in [-0.2, 0) is 10.0 Å². The molecule has 0 saturated heterocycles. The molecule has 4 aliphatic rings. The van der Waals surface area contributed by atoms with Crippen LogP contribution >= 0.6 is 15.9 Å². The summed E-state index contributed by atoms with van der Waals surface area (Å²) in [5.41, 5.74) is 0.139. The lowest BCUT2D eigenvalue weighted by Crippen LogP contribution is -2.55. The molecule has 26 heavy (non-hydrogen) atoms. The van der Waals surface area contributed by atoms with E-state index in [0.717, 1.165) is 22.2 Å². The average Bonchev–Trinajstić information content (AvgIpc) is 2.55. The van der Waals surface area contributed by atoms with Gasteiger partial charge in [0, 0.05) is 10.5 Å². The maximum atomic E-state index is 13.2. The maximum absolute atomic E-state index is 13.2. The maximum Gasteiger partial charge on any atom is 0.244 e. The van der Waals surface area contributed by atoms with E-state index in [2.05, 4.69) is 27.6 Å². The van der Waals surface area contributed by atoms with Gasteiger partial charge < -0.3 is 4.74 Å². The molecule has 5 rings (SSSR count). The van der Waals surface area contributed by atoms with Gasteiger partial charge in [-0.3, -0.25) is 0 Å². The Balaban J connectivity index is 1.59. The quantitative estimate of drug-likeness (QED) is 0.693. The van der Waals surface area contributed by atoms with Crippen molar-refractivity contribution in [2.45, 2.75) is 63.3 Å². The number of nitrogens with one attached hydrogen (secondary N) is 1. The fourth-order valence-electron chi connectivity index (χ4n) is 6.10. The summed E-state index contributed by atoms with van der Waals surface area (Å²) in [4.78, 5) is 0.227. The number of rotatable bonds is 6. The molecule has 4 aliphatic carbocycles. The third-order valence-corrected chi connectivity index (χ3v) is 8.89. The van der Waals surface area contributed by atoms with Crippen LogP contribution in [0.25, 0.3) is 0 Å². The summed E-state index contributed by atoms with van der Waals surface area (Å²) in [5, 5.41) is 0. The van der Waals surface area contributed by atoms with E-state index in [9.17, 15) is 8.42 Å². The Hall–Kier alpha value is -0.590. The molecule has 1 aromatic carbocycles. The van der Waals surface area contributed by atoms with Crippen LogP contribution in [0.1, 0.15) is 52.4 Å². The number of hydrogen-bond donors (Lipinski definition) is 1. The lowest BCUT2D eigenvalue weighted by atomic mass is 9.48. The van der Waals surface area contributed by atoms with Crippen LogP contribution in [0.2, 0.25) is 0 Å². The molecule has 0 radical (unpaired) electrons. The number of ether oxygens (including phenoxy) is 1. The normalized spacial score (nSPS) is 34.0. The van der Waals surface area contributed by atoms with E-state index < -0.39 is 10.0 Å². The third kappa shape index (κ3) is 3.33. The molecule has 1 N–H and O–H groups in total. The van der Waals surface area contributed by atoms with Crippen molar-refractivity contribution in [1.29, 1.82) is 0 Å². The molecular formula is C20H28BrNO3S. The first-order chi connectivity index (χ1) is 12.3. The molecule has 0 aromatic heterocycles. The van der Waals surface area contributed by atoms with Gasteiger partial charge in [-0.25, -0.2) is 13.1 Å². The van der Waals surface area contributed by atoms with Gasteiger partial charge in [-0.15, -0.1) is 0 Å². The zero-order valence-corrected chi connectivity index (χ0v) is 17.9. The van der Waals surface area contributed by atoms with E-state index in [1.165, 1.54) is 38.5 Å². The van der Waals surface area contributed by atoms with Crippen molar-refractivity contribution < 1.29 is 13.2 Å². The fraction of sp³-hybridized carbons (Fsp3) is 0.700. The van der Waals surface area contributed by atoms with Crippen LogP contribution < -0.4 is 9.46 Å². The Morgan fingerprint density at radius 1 is 1.19 bits per heavy atom. The SMILES string of the molecule is CCOc1ccc(Br)cc1S(=O)(=O)N[C@H](C)C12CC3CC(CC(C3)C1)C2. The molecule has 4 bridgehead atoms. The Labute approximate surface area is 165 Å². The van der Waals surface area contributed by atoms with Crippen LogP contribution in [-0.4, -0.2) is 21.1 Å². The lowest BCUT2D eigenvalue weighted by molar-refractivity contribution is -0.0666. The van der Waals surface area contributed by atoms with Crippen molar-refractivity contribution in [3.8, 4) is 5.75 Å². The largest absolute Gasteiger partial charge is 0.492 e. The second-order valence-electron chi connectivity index (χ2n) is 8.65. The Morgan fingerprint density at radius 3 is 2.31 bits per heavy atom. The summed E-state index contributed by atoms with van der Waals surface area (Å²) >= 11 is 3.39. The third-order valence-electron chi connectivity index (χ3n) is 6.83. The second kappa shape index (κ2) is 6.78. The zero-order valence-electron chi connectivity index (χ0n) is 15.5. The highest BCUT2D eigenvalue weighted by molar-refractivity contribution is 9.10. The lowest BCUT2D eigenvalue weighted by Gasteiger charge is -2.59. The summed E-state index contributed by atoms with van der Waals surface area (Å²) in [6.07, 6.45) is 7.62. The fourth-order valence-corrected chi connectivity index (χ4v) is 8.12. The van der Waals surface area contributed by atoms with E-state index in [0.29, 0.717) is 12.4 Å². The zero-order chi connectivity index (χ0) is 18.5. The molecule has 144 valence electrons. The number of hydrogen-bond acceptors (Lipinski definition) is 3. The summed E-state index contributed by atoms with van der Waals surface area (Å²) in [5.74, 6) is 2.83. The standard InChI is InChI=1S/C20H28BrNO3S/c1-3-25-18-5-4-17(21)9-19(18)26(23,24)22-13(2)20-10-14-6-15(11-20)8-16(7-14)12-20/h4-5,9,13-16,22H,3,6-8,10-12H2,1-2H3/t13-,14?,15?,16?,20?/m1/s1. The topological polar surface area (TPSA) is 55.4 Å². The first-order valence-corrected chi connectivity index (χ1v) is 12.0. The molecule has 0 amide bonds. The molecule has 6 heteroatoms. The van der Waals surface area contributed by atoms with Gasteiger partial charge in [0.05, 0.1) is 6.61 Å². The predicted octanol–water partition coefficient (Wildman–Crippen LogP) is 4.73. The van der Waals surface area contributed by atoms with Crippen molar-refractivity contribution in [3.05, 3.63) is 22.7 Å². The van der Waals surface area contributed by atoms with E-state index in [1.54, 1.807) is 12.1 Å². The van der Waals surface area contributed by atoms with Crippen molar-refractivity contribution in [1.82, 2.24) is 4.72 Å². The molecule has 1 aromatic rings. The monoisotopic (exact) mass is 441 g/mol. The molecule has 4 fully saturated rings. The van der Waals surface area contributed by atoms with Crippen molar-refractivity contribution in [2.24, 2.45) is 23.2 Å². The Bertz CT molecular complexity index is 757. The van der Waals surface area contributed by atoms with Gasteiger partial charge in [0.15, 0.2) is 0 Å². The van der Waals surface area contributed by atoms with Gasteiger partial charge >= 0.3 is 0 Å². The second-order valence-corrected chi connectivity index (χ2v) is 11.2. The molecule has 4 saturated carbocycles. The number of sulfonamides is 1. The van der Waals surface area contributed by atoms with Crippen LogP contribution in [0.15, 0.2) is 27.6 Å². The first-order valence-electron chi connectivity index (χ1n) is 9.76. The summed E-state index contributed by atoms with van der Waals surface area (Å²) in [6.45, 7) is 4.38. The van der Waals surface area contributed by atoms with E-state index in [1.807, 2.05) is 13.0 Å². The minimum absolute atomic E-state index is 0.0469. The smallest absolute Gasteiger partial charge is 0.244 e. The summed E-state index contributed by atoms with van der Waals surface area (Å²) < 4.78 is 35.7. The van der Waals surface area contributed by atoms with Gasteiger partial charge in [0.2, 0.25) is 10.0 Å². The van der Waals surface area contributed by atoms with Gasteiger partial charge in [0.25, 0.3) is 0 Å². The molecule has 0 unspecified atom stereocenters. The van der Waals surface area contributed by atoms with Crippen LogP contribution in [0.3, 0.4) is 0 Å². The molecule has 0 aliphatic heterocycles. The molecule has 1 atom stereocenters. The van der Waals surface area contributed by atoms with Crippen molar-refractivity contribution in [2.75, 3.05) is 6.61 Å². The van der Waals surface area contributed by atoms with Gasteiger partial charge in [0.1, 0.15) is 10.6 Å². The Morgan fingerprint density at radius 2 is 1.77 bits per heavy atom. The van der Waals surface area contributed by atoms with Crippen molar-refractivity contribution >= 4 is 26.0 Å². The van der Waals surface area contributed by atoms with Crippen molar-refractivity contribution in [3.63, 3.8) is 0 Å². The summed E-state index contributed by atoms with van der Waals surface area (Å²) in [6, 6.07) is 5.12. The molecule has 0 spiro atoms. The first kappa shape index (κ1) is 18.8. The predicted molar refractivity (Wildman–Crippen MR) is 106 cm³/mol. The minimum Gasteiger partial charge on any atom is -0.492 e. The van der Waals surface area contributed by atoms with Gasteiger partial charge in [-0.1, -0.05) is 15.9 Å². The molecule has 4 nitrogen and oxygen atoms in total. The highest BCUT2D eigenvalue weighted by Gasteiger charge is 2.53. The number of benzene rings is 1. The van der Waals surface area contributed by atoms with Crippen LogP contribution in [0.5, 0.6) is 5.75 Å². The molecular weight excluding hydrogens is 414 g/mol. The number of halogens is 1. The van der Waals surface area contributed by atoms with Gasteiger partial charge in [-0.2, -0.15) is 0 Å². The minimum atomic E-state index is -3.63. The van der Waals surface area contributed by atoms with E-state index in [4.69, 9.17) is 4.74 Å². The average molecular weight is 442 g/mol. The van der Waals surface area contributed by atoms with Gasteiger partial charge in [-0.05, 0) is 93.7 Å². The van der Waals surface area contributed by atoms with E-state index in [-0.39, 0.29) is 16.4 Å². The highest BCUT2D eigenvalue weighted by Crippen LogP contribution is 2.61. The highest BCUT2D eigenvalue weighted by atomic mass is 79.9. The van der Waals surface area contributed by atoms with E-state index >= 15 is 0 Å².